The summed E-state index contributed by atoms with van der Waals surface area (Å²) in [6.45, 7) is -1.13. The van der Waals surface area contributed by atoms with Gasteiger partial charge in [-0.2, -0.15) is 18.3 Å². The molecule has 0 atom stereocenters. The van der Waals surface area contributed by atoms with E-state index in [2.05, 4.69) is 15.1 Å². The van der Waals surface area contributed by atoms with Crippen molar-refractivity contribution in [3.63, 3.8) is 0 Å². The lowest BCUT2D eigenvalue weighted by Crippen LogP contribution is -2.17. The van der Waals surface area contributed by atoms with Crippen molar-refractivity contribution in [3.05, 3.63) is 29.9 Å². The third-order valence-electron chi connectivity index (χ3n) is 1.90. The predicted molar refractivity (Wildman–Crippen MR) is 54.3 cm³/mol. The maximum absolute atomic E-state index is 12.1. The zero-order valence-electron chi connectivity index (χ0n) is 8.32. The summed E-state index contributed by atoms with van der Waals surface area (Å²) < 4.78 is 37.1. The predicted octanol–water partition coefficient (Wildman–Crippen LogP) is 2.56. The van der Waals surface area contributed by atoms with Gasteiger partial charge < -0.3 is 0 Å². The van der Waals surface area contributed by atoms with Crippen LogP contribution in [0.5, 0.6) is 0 Å². The summed E-state index contributed by atoms with van der Waals surface area (Å²) >= 11 is 5.65. The summed E-state index contributed by atoms with van der Waals surface area (Å²) in [6, 6.07) is 1.45. The van der Waals surface area contributed by atoms with Crippen LogP contribution in [0.4, 0.5) is 13.2 Å². The molecule has 0 unspecified atom stereocenters. The minimum absolute atomic E-state index is 0.221. The minimum atomic E-state index is -4.30. The maximum Gasteiger partial charge on any atom is 0.408 e. The van der Waals surface area contributed by atoms with Crippen LogP contribution in [0.15, 0.2) is 24.8 Å². The molecule has 0 fully saturated rings. The first-order chi connectivity index (χ1) is 7.94. The van der Waals surface area contributed by atoms with E-state index in [9.17, 15) is 13.2 Å². The molecule has 0 aliphatic heterocycles. The number of halogens is 4. The monoisotopic (exact) mass is 262 g/mol. The number of aromatic nitrogens is 4. The molecule has 0 amide bonds. The summed E-state index contributed by atoms with van der Waals surface area (Å²) in [4.78, 5) is 7.57. The molecule has 2 rings (SSSR count). The summed E-state index contributed by atoms with van der Waals surface area (Å²) in [5.41, 5.74) is 0.886. The van der Waals surface area contributed by atoms with Crippen LogP contribution in [-0.4, -0.2) is 25.9 Å². The zero-order chi connectivity index (χ0) is 12.5. The third-order valence-corrected chi connectivity index (χ3v) is 2.11. The van der Waals surface area contributed by atoms with E-state index in [1.165, 1.54) is 24.8 Å². The second kappa shape index (κ2) is 4.33. The Morgan fingerprint density at radius 2 is 2.06 bits per heavy atom. The van der Waals surface area contributed by atoms with Crippen molar-refractivity contribution in [2.75, 3.05) is 0 Å². The van der Waals surface area contributed by atoms with Crippen molar-refractivity contribution in [2.45, 2.75) is 12.7 Å². The van der Waals surface area contributed by atoms with Crippen LogP contribution in [-0.2, 0) is 6.54 Å². The Bertz CT molecular complexity index is 523. The summed E-state index contributed by atoms with van der Waals surface area (Å²) in [5.74, 6) is 0. The molecular weight excluding hydrogens is 257 g/mol. The average molecular weight is 263 g/mol. The zero-order valence-corrected chi connectivity index (χ0v) is 9.07. The first-order valence-corrected chi connectivity index (χ1v) is 4.89. The number of hydrogen-bond acceptors (Lipinski definition) is 3. The lowest BCUT2D eigenvalue weighted by atomic mass is 10.2. The van der Waals surface area contributed by atoms with E-state index >= 15 is 0 Å². The van der Waals surface area contributed by atoms with Gasteiger partial charge in [-0.25, -0.2) is 9.97 Å². The van der Waals surface area contributed by atoms with Gasteiger partial charge in [0.2, 0.25) is 0 Å². The molecule has 0 aliphatic rings. The van der Waals surface area contributed by atoms with Crippen molar-refractivity contribution >= 4 is 11.6 Å². The highest BCUT2D eigenvalue weighted by molar-refractivity contribution is 6.29. The van der Waals surface area contributed by atoms with Crippen LogP contribution in [0.25, 0.3) is 11.3 Å². The van der Waals surface area contributed by atoms with Crippen LogP contribution in [0.3, 0.4) is 0 Å². The molecule has 0 saturated heterocycles. The van der Waals surface area contributed by atoms with E-state index in [1.54, 1.807) is 0 Å². The second-order valence-corrected chi connectivity index (χ2v) is 3.65. The highest BCUT2D eigenvalue weighted by Crippen LogP contribution is 2.21. The van der Waals surface area contributed by atoms with Gasteiger partial charge in [-0.05, 0) is 0 Å². The third kappa shape index (κ3) is 3.16. The summed E-state index contributed by atoms with van der Waals surface area (Å²) in [6.07, 6.45) is -0.512. The molecule has 90 valence electrons. The molecule has 17 heavy (non-hydrogen) atoms. The minimum Gasteiger partial charge on any atom is -0.263 e. The van der Waals surface area contributed by atoms with Gasteiger partial charge in [0.1, 0.15) is 18.0 Å². The molecule has 0 aliphatic carbocycles. The molecule has 2 heterocycles. The first-order valence-electron chi connectivity index (χ1n) is 4.51. The summed E-state index contributed by atoms with van der Waals surface area (Å²) in [7, 11) is 0. The number of alkyl halides is 3. The molecule has 0 bridgehead atoms. The van der Waals surface area contributed by atoms with Crippen molar-refractivity contribution < 1.29 is 13.2 Å². The van der Waals surface area contributed by atoms with Gasteiger partial charge in [-0.15, -0.1) is 0 Å². The molecule has 0 aromatic carbocycles. The maximum atomic E-state index is 12.1. The van der Waals surface area contributed by atoms with Gasteiger partial charge in [-0.3, -0.25) is 4.68 Å². The van der Waals surface area contributed by atoms with E-state index in [0.717, 1.165) is 4.68 Å². The number of nitrogens with zero attached hydrogens (tertiary/aromatic N) is 4. The van der Waals surface area contributed by atoms with Crippen molar-refractivity contribution in [1.29, 1.82) is 0 Å². The average Bonchev–Trinajstić information content (AvgIpc) is 2.63. The molecule has 0 radical (unpaired) electrons. The molecule has 0 spiro atoms. The molecular formula is C9H6ClF3N4. The fraction of sp³-hybridized carbons (Fsp3) is 0.222. The largest absolute Gasteiger partial charge is 0.408 e. The Kier molecular flexibility index (Phi) is 3.01. The smallest absolute Gasteiger partial charge is 0.263 e. The Balaban J connectivity index is 2.24. The molecule has 0 saturated carbocycles. The highest BCUT2D eigenvalue weighted by atomic mass is 35.5. The van der Waals surface area contributed by atoms with Crippen LogP contribution >= 0.6 is 11.6 Å². The van der Waals surface area contributed by atoms with Crippen molar-refractivity contribution in [3.8, 4) is 11.3 Å². The van der Waals surface area contributed by atoms with Gasteiger partial charge in [0, 0.05) is 17.8 Å². The van der Waals surface area contributed by atoms with E-state index in [1.807, 2.05) is 0 Å². The van der Waals surface area contributed by atoms with E-state index in [4.69, 9.17) is 11.6 Å². The van der Waals surface area contributed by atoms with E-state index in [-0.39, 0.29) is 5.15 Å². The SMILES string of the molecule is FC(F)(F)Cn1cc(-c2cc(Cl)ncn2)cn1. The number of rotatable bonds is 2. The van der Waals surface area contributed by atoms with E-state index in [0.29, 0.717) is 11.3 Å². The standard InChI is InChI=1S/C9H6ClF3N4/c10-8-1-7(14-5-15-8)6-2-16-17(3-6)4-9(11,12)13/h1-3,5H,4H2. The van der Waals surface area contributed by atoms with E-state index < -0.39 is 12.7 Å². The van der Waals surface area contributed by atoms with Gasteiger partial charge in [0.15, 0.2) is 0 Å². The summed E-state index contributed by atoms with van der Waals surface area (Å²) in [5, 5.41) is 3.82. The Labute approximate surface area is 99.1 Å². The molecule has 4 nitrogen and oxygen atoms in total. The fourth-order valence-electron chi connectivity index (χ4n) is 1.26. The molecule has 2 aromatic rings. The van der Waals surface area contributed by atoms with Crippen LogP contribution in [0.2, 0.25) is 5.15 Å². The van der Waals surface area contributed by atoms with Crippen LogP contribution in [0.1, 0.15) is 0 Å². The number of hydrogen-bond donors (Lipinski definition) is 0. The fourth-order valence-corrected chi connectivity index (χ4v) is 1.40. The Morgan fingerprint density at radius 1 is 1.29 bits per heavy atom. The van der Waals surface area contributed by atoms with Gasteiger partial charge in [-0.1, -0.05) is 11.6 Å². The van der Waals surface area contributed by atoms with Crippen LogP contribution in [0, 0.1) is 0 Å². The molecule has 8 heteroatoms. The first kappa shape index (κ1) is 11.8. The van der Waals surface area contributed by atoms with Crippen molar-refractivity contribution in [1.82, 2.24) is 19.7 Å². The van der Waals surface area contributed by atoms with Crippen molar-refractivity contribution in [2.24, 2.45) is 0 Å². The van der Waals surface area contributed by atoms with Gasteiger partial charge in [0.25, 0.3) is 0 Å². The topological polar surface area (TPSA) is 43.6 Å². The Hall–Kier alpha value is -1.63. The normalized spacial score (nSPS) is 11.8. The molecule has 0 N–H and O–H groups in total. The Morgan fingerprint density at radius 3 is 2.71 bits per heavy atom. The van der Waals surface area contributed by atoms with Gasteiger partial charge in [0.05, 0.1) is 11.9 Å². The quantitative estimate of drug-likeness (QED) is 0.781. The van der Waals surface area contributed by atoms with Gasteiger partial charge >= 0.3 is 6.18 Å². The molecule has 2 aromatic heterocycles. The van der Waals surface area contributed by atoms with Crippen LogP contribution < -0.4 is 0 Å². The second-order valence-electron chi connectivity index (χ2n) is 3.27. The highest BCUT2D eigenvalue weighted by Gasteiger charge is 2.28. The lowest BCUT2D eigenvalue weighted by molar-refractivity contribution is -0.142. The lowest BCUT2D eigenvalue weighted by Gasteiger charge is -2.04.